The van der Waals surface area contributed by atoms with Crippen LogP contribution in [0.4, 0.5) is 0 Å². The highest BCUT2D eigenvalue weighted by Crippen LogP contribution is 2.20. The Hall–Kier alpha value is -1.60. The van der Waals surface area contributed by atoms with Gasteiger partial charge in [0, 0.05) is 6.61 Å². The van der Waals surface area contributed by atoms with Crippen LogP contribution < -0.4 is 0 Å². The SMILES string of the molecule is C=C(COCCCCCCCCCC)c1ccc2ccccc2c1. The van der Waals surface area contributed by atoms with Crippen molar-refractivity contribution in [3.63, 3.8) is 0 Å². The van der Waals surface area contributed by atoms with Gasteiger partial charge >= 0.3 is 0 Å². The number of unbranched alkanes of at least 4 members (excludes halogenated alkanes) is 7. The van der Waals surface area contributed by atoms with E-state index < -0.39 is 0 Å². The molecule has 130 valence electrons. The van der Waals surface area contributed by atoms with Crippen molar-refractivity contribution in [2.75, 3.05) is 13.2 Å². The zero-order valence-corrected chi connectivity index (χ0v) is 15.2. The standard InChI is InChI=1S/C23H32O/c1-3-4-5-6-7-8-9-12-17-24-19-20(2)22-16-15-21-13-10-11-14-23(21)18-22/h10-11,13-16,18H,2-9,12,17,19H2,1H3. The molecule has 0 fully saturated rings. The minimum Gasteiger partial charge on any atom is -0.377 e. The third kappa shape index (κ3) is 6.49. The lowest BCUT2D eigenvalue weighted by atomic mass is 10.0. The van der Waals surface area contributed by atoms with Gasteiger partial charge in [0.1, 0.15) is 0 Å². The molecule has 0 aromatic heterocycles. The first-order chi connectivity index (χ1) is 11.8. The van der Waals surface area contributed by atoms with Gasteiger partial charge in [0.25, 0.3) is 0 Å². The summed E-state index contributed by atoms with van der Waals surface area (Å²) in [7, 11) is 0. The topological polar surface area (TPSA) is 9.23 Å². The van der Waals surface area contributed by atoms with Gasteiger partial charge in [0.2, 0.25) is 0 Å². The fraction of sp³-hybridized carbons (Fsp3) is 0.478. The maximum Gasteiger partial charge on any atom is 0.0716 e. The lowest BCUT2D eigenvalue weighted by Gasteiger charge is -2.09. The Kier molecular flexibility index (Phi) is 8.62. The van der Waals surface area contributed by atoms with Crippen molar-refractivity contribution >= 4 is 16.3 Å². The highest BCUT2D eigenvalue weighted by Gasteiger charge is 2.01. The van der Waals surface area contributed by atoms with Gasteiger partial charge in [-0.2, -0.15) is 0 Å². The van der Waals surface area contributed by atoms with Gasteiger partial charge in [-0.1, -0.05) is 94.8 Å². The Bertz CT molecular complexity index is 614. The summed E-state index contributed by atoms with van der Waals surface area (Å²) in [6.07, 6.45) is 10.7. The van der Waals surface area contributed by atoms with E-state index >= 15 is 0 Å². The van der Waals surface area contributed by atoms with Crippen LogP contribution in [0, 0.1) is 0 Å². The maximum absolute atomic E-state index is 5.81. The molecule has 2 aromatic rings. The molecule has 0 aliphatic rings. The molecule has 0 atom stereocenters. The first kappa shape index (κ1) is 18.7. The summed E-state index contributed by atoms with van der Waals surface area (Å²) >= 11 is 0. The van der Waals surface area contributed by atoms with Crippen molar-refractivity contribution in [2.45, 2.75) is 58.3 Å². The van der Waals surface area contributed by atoms with Crippen molar-refractivity contribution in [1.82, 2.24) is 0 Å². The molecule has 0 saturated carbocycles. The van der Waals surface area contributed by atoms with Gasteiger partial charge in [0.15, 0.2) is 0 Å². The van der Waals surface area contributed by atoms with E-state index in [-0.39, 0.29) is 0 Å². The van der Waals surface area contributed by atoms with Crippen molar-refractivity contribution in [3.05, 3.63) is 54.6 Å². The molecule has 0 unspecified atom stereocenters. The normalized spacial score (nSPS) is 11.0. The Labute approximate surface area is 147 Å². The minimum absolute atomic E-state index is 0.634. The van der Waals surface area contributed by atoms with Gasteiger partial charge in [0.05, 0.1) is 6.61 Å². The number of rotatable bonds is 12. The van der Waals surface area contributed by atoms with E-state index in [1.807, 2.05) is 0 Å². The van der Waals surface area contributed by atoms with Crippen LogP contribution in [0.15, 0.2) is 49.0 Å². The minimum atomic E-state index is 0.634. The van der Waals surface area contributed by atoms with Crippen LogP contribution in [0.5, 0.6) is 0 Å². The van der Waals surface area contributed by atoms with E-state index in [4.69, 9.17) is 4.74 Å². The quantitative estimate of drug-likeness (QED) is 0.381. The Morgan fingerprint density at radius 1 is 0.833 bits per heavy atom. The van der Waals surface area contributed by atoms with Crippen molar-refractivity contribution < 1.29 is 4.74 Å². The van der Waals surface area contributed by atoms with Crippen LogP contribution in [0.3, 0.4) is 0 Å². The summed E-state index contributed by atoms with van der Waals surface area (Å²) in [4.78, 5) is 0. The lowest BCUT2D eigenvalue weighted by Crippen LogP contribution is -1.99. The molecular weight excluding hydrogens is 292 g/mol. The number of fused-ring (bicyclic) bond motifs is 1. The van der Waals surface area contributed by atoms with E-state index in [0.717, 1.165) is 12.2 Å². The van der Waals surface area contributed by atoms with Crippen LogP contribution in [-0.4, -0.2) is 13.2 Å². The summed E-state index contributed by atoms with van der Waals surface area (Å²) < 4.78 is 5.81. The van der Waals surface area contributed by atoms with Gasteiger partial charge in [-0.25, -0.2) is 0 Å². The molecule has 2 aromatic carbocycles. The molecule has 0 N–H and O–H groups in total. The molecule has 0 heterocycles. The summed E-state index contributed by atoms with van der Waals surface area (Å²) in [6.45, 7) is 7.93. The van der Waals surface area contributed by atoms with Crippen molar-refractivity contribution in [1.29, 1.82) is 0 Å². The second-order valence-corrected chi connectivity index (χ2v) is 6.69. The number of benzene rings is 2. The molecule has 2 rings (SSSR count). The molecule has 0 amide bonds. The largest absolute Gasteiger partial charge is 0.377 e. The van der Waals surface area contributed by atoms with Crippen LogP contribution in [0.25, 0.3) is 16.3 Å². The third-order valence-electron chi connectivity index (χ3n) is 4.58. The van der Waals surface area contributed by atoms with Crippen LogP contribution >= 0.6 is 0 Å². The van der Waals surface area contributed by atoms with Gasteiger partial charge in [-0.3, -0.25) is 0 Å². The summed E-state index contributed by atoms with van der Waals surface area (Å²) in [5.74, 6) is 0. The van der Waals surface area contributed by atoms with E-state index in [2.05, 4.69) is 56.0 Å². The molecule has 24 heavy (non-hydrogen) atoms. The van der Waals surface area contributed by atoms with Gasteiger partial charge in [-0.15, -0.1) is 0 Å². The first-order valence-corrected chi connectivity index (χ1v) is 9.56. The molecule has 1 nitrogen and oxygen atoms in total. The lowest BCUT2D eigenvalue weighted by molar-refractivity contribution is 0.162. The molecule has 0 saturated heterocycles. The zero-order chi connectivity index (χ0) is 17.0. The zero-order valence-electron chi connectivity index (χ0n) is 15.2. The Morgan fingerprint density at radius 2 is 1.50 bits per heavy atom. The summed E-state index contributed by atoms with van der Waals surface area (Å²) in [5, 5.41) is 2.54. The third-order valence-corrected chi connectivity index (χ3v) is 4.58. The number of hydrogen-bond donors (Lipinski definition) is 0. The molecule has 0 spiro atoms. The molecule has 1 heteroatoms. The second-order valence-electron chi connectivity index (χ2n) is 6.69. The molecule has 0 aliphatic heterocycles. The predicted octanol–water partition coefficient (Wildman–Crippen LogP) is 7.01. The fourth-order valence-electron chi connectivity index (χ4n) is 3.03. The van der Waals surface area contributed by atoms with E-state index in [1.165, 1.54) is 67.7 Å². The predicted molar refractivity (Wildman–Crippen MR) is 106 cm³/mol. The van der Waals surface area contributed by atoms with E-state index in [0.29, 0.717) is 6.61 Å². The molecule has 0 bridgehead atoms. The molecule has 0 aliphatic carbocycles. The summed E-state index contributed by atoms with van der Waals surface area (Å²) in [6, 6.07) is 14.9. The van der Waals surface area contributed by atoms with Crippen molar-refractivity contribution in [3.8, 4) is 0 Å². The van der Waals surface area contributed by atoms with Crippen LogP contribution in [0.1, 0.15) is 63.9 Å². The van der Waals surface area contributed by atoms with Crippen LogP contribution in [0.2, 0.25) is 0 Å². The second kappa shape index (κ2) is 11.0. The molecular formula is C23H32O. The maximum atomic E-state index is 5.81. The van der Waals surface area contributed by atoms with Gasteiger partial charge < -0.3 is 4.74 Å². The average molecular weight is 325 g/mol. The Balaban J connectivity index is 1.59. The van der Waals surface area contributed by atoms with E-state index in [9.17, 15) is 0 Å². The van der Waals surface area contributed by atoms with E-state index in [1.54, 1.807) is 0 Å². The molecule has 0 radical (unpaired) electrons. The summed E-state index contributed by atoms with van der Waals surface area (Å²) in [5.41, 5.74) is 2.25. The number of ether oxygens (including phenoxy) is 1. The Morgan fingerprint density at radius 3 is 2.25 bits per heavy atom. The van der Waals surface area contributed by atoms with Crippen molar-refractivity contribution in [2.24, 2.45) is 0 Å². The highest BCUT2D eigenvalue weighted by atomic mass is 16.5. The average Bonchev–Trinajstić information content (AvgIpc) is 2.62. The monoisotopic (exact) mass is 324 g/mol. The van der Waals surface area contributed by atoms with Gasteiger partial charge in [-0.05, 0) is 34.4 Å². The fourth-order valence-corrected chi connectivity index (χ4v) is 3.03. The highest BCUT2D eigenvalue weighted by molar-refractivity contribution is 5.86. The smallest absolute Gasteiger partial charge is 0.0716 e. The number of hydrogen-bond acceptors (Lipinski definition) is 1. The first-order valence-electron chi connectivity index (χ1n) is 9.56. The van der Waals surface area contributed by atoms with Crippen LogP contribution in [-0.2, 0) is 4.74 Å².